The van der Waals surface area contributed by atoms with Crippen LogP contribution in [0.2, 0.25) is 0 Å². The van der Waals surface area contributed by atoms with Gasteiger partial charge in [-0.15, -0.1) is 0 Å². The minimum atomic E-state index is -0.578. The molecule has 0 saturated heterocycles. The molecular weight excluding hydrogens is 232 g/mol. The molecule has 0 aromatic heterocycles. The third kappa shape index (κ3) is 4.08. The molecule has 0 bridgehead atoms. The lowest BCUT2D eigenvalue weighted by Crippen LogP contribution is -2.36. The molecule has 0 heterocycles. The van der Waals surface area contributed by atoms with Crippen LogP contribution in [0, 0.1) is 20.8 Å². The Morgan fingerprint density at radius 2 is 1.78 bits per heavy atom. The fourth-order valence-electron chi connectivity index (χ4n) is 1.77. The van der Waals surface area contributed by atoms with Gasteiger partial charge < -0.3 is 15.8 Å². The Kier molecular flexibility index (Phi) is 4.71. The summed E-state index contributed by atoms with van der Waals surface area (Å²) in [6.45, 7) is 5.56. The molecule has 2 amide bonds. The van der Waals surface area contributed by atoms with Gasteiger partial charge in [0.2, 0.25) is 5.91 Å². The summed E-state index contributed by atoms with van der Waals surface area (Å²) in [5, 5.41) is 2.36. The average Bonchev–Trinajstić information content (AvgIpc) is 2.24. The third-order valence-corrected chi connectivity index (χ3v) is 2.41. The standard InChI is InChI=1S/C13H18N2O3/c1-8-4-9(2)13(10(3)5-8)18-7-12(17)15-6-11(14)16/h4-5H,6-7H2,1-3H3,(H2,14,16)(H,15,17). The second-order valence-electron chi connectivity index (χ2n) is 4.26. The zero-order valence-corrected chi connectivity index (χ0v) is 10.9. The summed E-state index contributed by atoms with van der Waals surface area (Å²) in [5.74, 6) is -0.242. The van der Waals surface area contributed by atoms with E-state index < -0.39 is 5.91 Å². The molecular formula is C13H18N2O3. The largest absolute Gasteiger partial charge is 0.483 e. The van der Waals surface area contributed by atoms with Crippen LogP contribution in [-0.2, 0) is 9.59 Å². The SMILES string of the molecule is Cc1cc(C)c(OCC(=O)NCC(N)=O)c(C)c1. The van der Waals surface area contributed by atoms with E-state index in [9.17, 15) is 9.59 Å². The van der Waals surface area contributed by atoms with E-state index in [0.29, 0.717) is 5.75 Å². The molecule has 1 rings (SSSR count). The molecule has 0 atom stereocenters. The first-order valence-electron chi connectivity index (χ1n) is 5.66. The van der Waals surface area contributed by atoms with Crippen LogP contribution < -0.4 is 15.8 Å². The number of amides is 2. The van der Waals surface area contributed by atoms with E-state index in [0.717, 1.165) is 16.7 Å². The number of nitrogens with two attached hydrogens (primary N) is 1. The molecule has 0 spiro atoms. The summed E-state index contributed by atoms with van der Waals surface area (Å²) in [5.41, 5.74) is 8.03. The Labute approximate surface area is 106 Å². The molecule has 3 N–H and O–H groups in total. The summed E-state index contributed by atoms with van der Waals surface area (Å²) in [6, 6.07) is 3.98. The number of aryl methyl sites for hydroxylation is 3. The molecule has 0 unspecified atom stereocenters. The lowest BCUT2D eigenvalue weighted by atomic mass is 10.1. The lowest BCUT2D eigenvalue weighted by molar-refractivity contribution is -0.126. The first kappa shape index (κ1) is 14.0. The second kappa shape index (κ2) is 6.05. The fraction of sp³-hybridized carbons (Fsp3) is 0.385. The molecule has 0 radical (unpaired) electrons. The summed E-state index contributed by atoms with van der Waals surface area (Å²) in [6.07, 6.45) is 0. The number of rotatable bonds is 5. The van der Waals surface area contributed by atoms with Crippen molar-refractivity contribution in [2.45, 2.75) is 20.8 Å². The Bertz CT molecular complexity index is 446. The van der Waals surface area contributed by atoms with Gasteiger partial charge in [-0.25, -0.2) is 0 Å². The summed E-state index contributed by atoms with van der Waals surface area (Å²) >= 11 is 0. The van der Waals surface area contributed by atoms with Crippen LogP contribution in [0.25, 0.3) is 0 Å². The van der Waals surface area contributed by atoms with E-state index in [4.69, 9.17) is 10.5 Å². The van der Waals surface area contributed by atoms with E-state index in [1.165, 1.54) is 0 Å². The summed E-state index contributed by atoms with van der Waals surface area (Å²) < 4.78 is 5.45. The Balaban J connectivity index is 2.58. The summed E-state index contributed by atoms with van der Waals surface area (Å²) in [7, 11) is 0. The zero-order valence-electron chi connectivity index (χ0n) is 10.9. The lowest BCUT2D eigenvalue weighted by Gasteiger charge is -2.12. The molecule has 0 aliphatic carbocycles. The topological polar surface area (TPSA) is 81.4 Å². The number of benzene rings is 1. The smallest absolute Gasteiger partial charge is 0.258 e. The molecule has 0 aliphatic rings. The quantitative estimate of drug-likeness (QED) is 0.802. The average molecular weight is 250 g/mol. The van der Waals surface area contributed by atoms with Crippen LogP contribution in [0.3, 0.4) is 0 Å². The highest BCUT2D eigenvalue weighted by molar-refractivity contribution is 5.84. The Hall–Kier alpha value is -2.04. The highest BCUT2D eigenvalue weighted by Gasteiger charge is 2.08. The highest BCUT2D eigenvalue weighted by atomic mass is 16.5. The van der Waals surface area contributed by atoms with Crippen LogP contribution in [0.5, 0.6) is 5.75 Å². The van der Waals surface area contributed by atoms with Gasteiger partial charge in [0.25, 0.3) is 5.91 Å². The predicted octanol–water partition coefficient (Wildman–Crippen LogP) is 0.592. The Morgan fingerprint density at radius 1 is 1.22 bits per heavy atom. The van der Waals surface area contributed by atoms with Gasteiger partial charge in [0.1, 0.15) is 5.75 Å². The normalized spacial score (nSPS) is 9.94. The first-order valence-corrected chi connectivity index (χ1v) is 5.66. The number of hydrogen-bond acceptors (Lipinski definition) is 3. The maximum atomic E-state index is 11.4. The predicted molar refractivity (Wildman–Crippen MR) is 68.4 cm³/mol. The molecule has 0 aliphatic heterocycles. The third-order valence-electron chi connectivity index (χ3n) is 2.41. The Morgan fingerprint density at radius 3 is 2.28 bits per heavy atom. The van der Waals surface area contributed by atoms with Gasteiger partial charge in [0.15, 0.2) is 6.61 Å². The molecule has 5 heteroatoms. The van der Waals surface area contributed by atoms with Gasteiger partial charge in [0, 0.05) is 0 Å². The van der Waals surface area contributed by atoms with Crippen molar-refractivity contribution in [1.29, 1.82) is 0 Å². The van der Waals surface area contributed by atoms with Gasteiger partial charge in [-0.05, 0) is 31.9 Å². The van der Waals surface area contributed by atoms with Gasteiger partial charge in [-0.1, -0.05) is 17.7 Å². The molecule has 18 heavy (non-hydrogen) atoms. The van der Waals surface area contributed by atoms with Gasteiger partial charge >= 0.3 is 0 Å². The van der Waals surface area contributed by atoms with Crippen LogP contribution in [0.4, 0.5) is 0 Å². The van der Waals surface area contributed by atoms with Crippen molar-refractivity contribution in [3.05, 3.63) is 28.8 Å². The fourth-order valence-corrected chi connectivity index (χ4v) is 1.77. The van der Waals surface area contributed by atoms with E-state index in [1.807, 2.05) is 32.9 Å². The van der Waals surface area contributed by atoms with Crippen molar-refractivity contribution in [1.82, 2.24) is 5.32 Å². The number of primary amides is 1. The van der Waals surface area contributed by atoms with Gasteiger partial charge in [-0.3, -0.25) is 9.59 Å². The zero-order chi connectivity index (χ0) is 13.7. The van der Waals surface area contributed by atoms with Crippen molar-refractivity contribution in [3.8, 4) is 5.75 Å². The van der Waals surface area contributed by atoms with Crippen molar-refractivity contribution in [3.63, 3.8) is 0 Å². The van der Waals surface area contributed by atoms with Gasteiger partial charge in [0.05, 0.1) is 6.54 Å². The number of carbonyl (C=O) groups excluding carboxylic acids is 2. The maximum Gasteiger partial charge on any atom is 0.258 e. The number of hydrogen-bond donors (Lipinski definition) is 2. The second-order valence-corrected chi connectivity index (χ2v) is 4.26. The van der Waals surface area contributed by atoms with Crippen molar-refractivity contribution < 1.29 is 14.3 Å². The first-order chi connectivity index (χ1) is 8.40. The molecule has 0 saturated carbocycles. The highest BCUT2D eigenvalue weighted by Crippen LogP contribution is 2.24. The van der Waals surface area contributed by atoms with Crippen LogP contribution in [0.15, 0.2) is 12.1 Å². The number of ether oxygens (including phenoxy) is 1. The van der Waals surface area contributed by atoms with Crippen molar-refractivity contribution in [2.24, 2.45) is 5.73 Å². The number of nitrogens with one attached hydrogen (secondary N) is 1. The van der Waals surface area contributed by atoms with Crippen molar-refractivity contribution in [2.75, 3.05) is 13.2 Å². The van der Waals surface area contributed by atoms with Crippen molar-refractivity contribution >= 4 is 11.8 Å². The summed E-state index contributed by atoms with van der Waals surface area (Å²) in [4.78, 5) is 21.9. The monoisotopic (exact) mass is 250 g/mol. The van der Waals surface area contributed by atoms with Gasteiger partial charge in [-0.2, -0.15) is 0 Å². The van der Waals surface area contributed by atoms with E-state index in [2.05, 4.69) is 5.32 Å². The van der Waals surface area contributed by atoms with E-state index in [-0.39, 0.29) is 19.1 Å². The molecule has 1 aromatic rings. The maximum absolute atomic E-state index is 11.4. The molecule has 98 valence electrons. The molecule has 0 fully saturated rings. The minimum absolute atomic E-state index is 0.127. The van der Waals surface area contributed by atoms with Crippen LogP contribution >= 0.6 is 0 Å². The van der Waals surface area contributed by atoms with Crippen LogP contribution in [0.1, 0.15) is 16.7 Å². The molecule has 1 aromatic carbocycles. The molecule has 5 nitrogen and oxygen atoms in total. The minimum Gasteiger partial charge on any atom is -0.483 e. The van der Waals surface area contributed by atoms with E-state index >= 15 is 0 Å². The number of carbonyl (C=O) groups is 2. The van der Waals surface area contributed by atoms with E-state index in [1.54, 1.807) is 0 Å². The van der Waals surface area contributed by atoms with Crippen LogP contribution in [-0.4, -0.2) is 25.0 Å².